The van der Waals surface area contributed by atoms with Crippen LogP contribution in [0.5, 0.6) is 0 Å². The highest BCUT2D eigenvalue weighted by Crippen LogP contribution is 2.31. The van der Waals surface area contributed by atoms with Crippen LogP contribution >= 0.6 is 12.2 Å². The third kappa shape index (κ3) is 7.31. The number of carbonyl (C=O) groups is 2. The minimum atomic E-state index is -0.463. The van der Waals surface area contributed by atoms with Crippen molar-refractivity contribution in [2.75, 3.05) is 19.7 Å². The van der Waals surface area contributed by atoms with Gasteiger partial charge >= 0.3 is 6.09 Å². The first-order valence-corrected chi connectivity index (χ1v) is 12.4. The van der Waals surface area contributed by atoms with Crippen LogP contribution in [-0.2, 0) is 9.53 Å². The number of hydrogen-bond donors (Lipinski definition) is 3. The van der Waals surface area contributed by atoms with Crippen LogP contribution in [0.25, 0.3) is 0 Å². The van der Waals surface area contributed by atoms with Crippen molar-refractivity contribution in [3.8, 4) is 0 Å². The van der Waals surface area contributed by atoms with Crippen LogP contribution < -0.4 is 16.4 Å². The minimum absolute atomic E-state index is 0.0397. The molecule has 0 aromatic rings. The van der Waals surface area contributed by atoms with E-state index in [4.69, 9.17) is 22.7 Å². The largest absolute Gasteiger partial charge is 0.450 e. The quantitative estimate of drug-likeness (QED) is 0.462. The van der Waals surface area contributed by atoms with E-state index in [2.05, 4.69) is 31.4 Å². The molecule has 4 N–H and O–H groups in total. The van der Waals surface area contributed by atoms with Crippen LogP contribution in [0.2, 0.25) is 0 Å². The molecule has 1 aliphatic carbocycles. The maximum absolute atomic E-state index is 13.0. The first-order valence-electron chi connectivity index (χ1n) is 12.0. The second-order valence-electron chi connectivity index (χ2n) is 9.75. The number of hydrogen-bond acceptors (Lipinski definition) is 5. The molecule has 1 saturated carbocycles. The molecule has 1 saturated heterocycles. The summed E-state index contributed by atoms with van der Waals surface area (Å²) < 4.78 is 5.13. The average molecular weight is 455 g/mol. The van der Waals surface area contributed by atoms with Crippen molar-refractivity contribution in [1.82, 2.24) is 15.5 Å². The van der Waals surface area contributed by atoms with Gasteiger partial charge in [-0.2, -0.15) is 0 Å². The number of thiocarbonyl (C=S) groups is 1. The van der Waals surface area contributed by atoms with Crippen molar-refractivity contribution in [2.45, 2.75) is 97.2 Å². The molecule has 2 fully saturated rings. The predicted molar refractivity (Wildman–Crippen MR) is 128 cm³/mol. The van der Waals surface area contributed by atoms with Gasteiger partial charge < -0.3 is 26.0 Å². The standard InChI is InChI=1S/C23H42N4O3S/c1-5-13-23(3,4)19(26-22(29)30-6-2)21(31)27-14-7-8-18(27)20(28)25-15-16-9-11-17(24)12-10-16/h16-19H,5-15,24H2,1-4H3,(H,25,28)(H,26,29)/t16?,17?,18-,19+/m0/s1. The Hall–Kier alpha value is -1.41. The summed E-state index contributed by atoms with van der Waals surface area (Å²) in [6.45, 7) is 9.87. The predicted octanol–water partition coefficient (Wildman–Crippen LogP) is 3.35. The zero-order valence-electron chi connectivity index (χ0n) is 19.7. The van der Waals surface area contributed by atoms with Crippen LogP contribution in [0.4, 0.5) is 4.79 Å². The normalized spacial score (nSPS) is 25.1. The van der Waals surface area contributed by atoms with Crippen molar-refractivity contribution in [3.63, 3.8) is 0 Å². The third-order valence-electron chi connectivity index (χ3n) is 6.76. The van der Waals surface area contributed by atoms with E-state index in [-0.39, 0.29) is 23.4 Å². The zero-order chi connectivity index (χ0) is 23.0. The smallest absolute Gasteiger partial charge is 0.407 e. The van der Waals surface area contributed by atoms with E-state index in [9.17, 15) is 9.59 Å². The van der Waals surface area contributed by atoms with Crippen LogP contribution in [-0.4, -0.2) is 59.7 Å². The lowest BCUT2D eigenvalue weighted by molar-refractivity contribution is -0.124. The number of amides is 2. The molecule has 0 aromatic heterocycles. The Kier molecular flexibility index (Phi) is 10.0. The topological polar surface area (TPSA) is 96.7 Å². The molecule has 1 heterocycles. The molecule has 0 unspecified atom stereocenters. The van der Waals surface area contributed by atoms with Gasteiger partial charge in [0.25, 0.3) is 0 Å². The van der Waals surface area contributed by atoms with Crippen molar-refractivity contribution >= 4 is 29.2 Å². The molecule has 7 nitrogen and oxygen atoms in total. The number of rotatable bonds is 9. The van der Waals surface area contributed by atoms with Gasteiger partial charge in [0.15, 0.2) is 0 Å². The Balaban J connectivity index is 2.04. The number of nitrogens with zero attached hydrogens (tertiary/aromatic N) is 1. The Morgan fingerprint density at radius 1 is 1.19 bits per heavy atom. The second kappa shape index (κ2) is 12.0. The van der Waals surface area contributed by atoms with E-state index in [0.29, 0.717) is 30.1 Å². The summed E-state index contributed by atoms with van der Waals surface area (Å²) in [5, 5.41) is 6.14. The van der Waals surface area contributed by atoms with Crippen molar-refractivity contribution in [1.29, 1.82) is 0 Å². The molecule has 0 aromatic carbocycles. The number of nitrogens with one attached hydrogen (secondary N) is 2. The number of likely N-dealkylation sites (tertiary alicyclic amines) is 1. The molecule has 2 amide bonds. The van der Waals surface area contributed by atoms with Gasteiger partial charge in [-0.1, -0.05) is 39.4 Å². The minimum Gasteiger partial charge on any atom is -0.450 e. The molecular weight excluding hydrogens is 412 g/mol. The summed E-state index contributed by atoms with van der Waals surface area (Å²) in [5.74, 6) is 0.546. The molecule has 8 heteroatoms. The highest BCUT2D eigenvalue weighted by Gasteiger charge is 2.41. The molecule has 178 valence electrons. The maximum Gasteiger partial charge on any atom is 0.407 e. The number of alkyl carbamates (subject to hydrolysis) is 1. The lowest BCUT2D eigenvalue weighted by Gasteiger charge is -2.39. The molecule has 2 atom stereocenters. The summed E-state index contributed by atoms with van der Waals surface area (Å²) in [6.07, 6.45) is 7.33. The first-order chi connectivity index (χ1) is 14.7. The summed E-state index contributed by atoms with van der Waals surface area (Å²) >= 11 is 5.88. The van der Waals surface area contributed by atoms with Gasteiger partial charge in [-0.25, -0.2) is 4.79 Å². The SMILES string of the molecule is CCCC(C)(C)[C@H](NC(=O)OCC)C(=S)N1CCC[C@H]1C(=O)NCC1CCC(N)CC1. The Labute approximate surface area is 193 Å². The Bertz CT molecular complexity index is 620. The molecule has 0 spiro atoms. The molecule has 2 aliphatic rings. The lowest BCUT2D eigenvalue weighted by Crippen LogP contribution is -2.57. The van der Waals surface area contributed by atoms with Gasteiger partial charge in [0, 0.05) is 19.1 Å². The number of carbonyl (C=O) groups excluding carboxylic acids is 2. The third-order valence-corrected chi connectivity index (χ3v) is 7.23. The molecular formula is C23H42N4O3S. The van der Waals surface area contributed by atoms with Gasteiger partial charge in [-0.3, -0.25) is 4.79 Å². The highest BCUT2D eigenvalue weighted by molar-refractivity contribution is 7.80. The van der Waals surface area contributed by atoms with Crippen molar-refractivity contribution < 1.29 is 14.3 Å². The molecule has 1 aliphatic heterocycles. The van der Waals surface area contributed by atoms with Crippen LogP contribution in [0.15, 0.2) is 0 Å². The van der Waals surface area contributed by atoms with Gasteiger partial charge in [0.2, 0.25) is 5.91 Å². The van der Waals surface area contributed by atoms with Gasteiger partial charge in [0.05, 0.1) is 12.6 Å². The monoisotopic (exact) mass is 454 g/mol. The highest BCUT2D eigenvalue weighted by atomic mass is 32.1. The summed E-state index contributed by atoms with van der Waals surface area (Å²) in [6, 6.07) is -0.332. The summed E-state index contributed by atoms with van der Waals surface area (Å²) in [4.78, 5) is 27.9. The van der Waals surface area contributed by atoms with Crippen LogP contribution in [0.3, 0.4) is 0 Å². The van der Waals surface area contributed by atoms with Gasteiger partial charge in [-0.15, -0.1) is 0 Å². The van der Waals surface area contributed by atoms with E-state index in [0.717, 1.165) is 57.9 Å². The molecule has 31 heavy (non-hydrogen) atoms. The summed E-state index contributed by atoms with van der Waals surface area (Å²) in [7, 11) is 0. The fraction of sp³-hybridized carbons (Fsp3) is 0.870. The van der Waals surface area contributed by atoms with E-state index < -0.39 is 6.09 Å². The van der Waals surface area contributed by atoms with E-state index >= 15 is 0 Å². The zero-order valence-corrected chi connectivity index (χ0v) is 20.6. The number of nitrogens with two attached hydrogens (primary N) is 1. The first kappa shape index (κ1) is 25.8. The average Bonchev–Trinajstić information content (AvgIpc) is 3.21. The molecule has 0 radical (unpaired) electrons. The van der Waals surface area contributed by atoms with Crippen LogP contribution in [0.1, 0.15) is 79.1 Å². The molecule has 2 rings (SSSR count). The Morgan fingerprint density at radius 2 is 1.87 bits per heavy atom. The van der Waals surface area contributed by atoms with Crippen molar-refractivity contribution in [3.05, 3.63) is 0 Å². The lowest BCUT2D eigenvalue weighted by atomic mass is 9.79. The maximum atomic E-state index is 13.0. The molecule has 0 bridgehead atoms. The number of ether oxygens (including phenoxy) is 1. The van der Waals surface area contributed by atoms with Crippen molar-refractivity contribution in [2.24, 2.45) is 17.1 Å². The van der Waals surface area contributed by atoms with Crippen LogP contribution in [0, 0.1) is 11.3 Å². The Morgan fingerprint density at radius 3 is 2.48 bits per heavy atom. The fourth-order valence-electron chi connectivity index (χ4n) is 4.89. The fourth-order valence-corrected chi connectivity index (χ4v) is 5.49. The second-order valence-corrected chi connectivity index (χ2v) is 10.2. The van der Waals surface area contributed by atoms with E-state index in [1.165, 1.54) is 0 Å². The van der Waals surface area contributed by atoms with Gasteiger partial charge in [0.1, 0.15) is 11.0 Å². The summed E-state index contributed by atoms with van der Waals surface area (Å²) in [5.41, 5.74) is 5.75. The van der Waals surface area contributed by atoms with E-state index in [1.54, 1.807) is 6.92 Å². The van der Waals surface area contributed by atoms with Gasteiger partial charge in [-0.05, 0) is 63.2 Å². The van der Waals surface area contributed by atoms with E-state index in [1.807, 2.05) is 4.90 Å².